The molecule has 4 nitrogen and oxygen atoms in total. The summed E-state index contributed by atoms with van der Waals surface area (Å²) in [5, 5.41) is 0. The Morgan fingerprint density at radius 2 is 2.30 bits per heavy atom. The molecule has 2 heterocycles. The minimum Gasteiger partial charge on any atom is -0.467 e. The number of hydrogen-bond donors (Lipinski definition) is 1. The molecule has 0 saturated carbocycles. The highest BCUT2D eigenvalue weighted by molar-refractivity contribution is 9.10. The van der Waals surface area contributed by atoms with Gasteiger partial charge in [0, 0.05) is 17.6 Å². The van der Waals surface area contributed by atoms with Crippen molar-refractivity contribution in [3.05, 3.63) is 57.5 Å². The first-order valence-corrected chi connectivity index (χ1v) is 7.31. The van der Waals surface area contributed by atoms with E-state index in [0.29, 0.717) is 24.4 Å². The molecule has 1 aliphatic rings. The summed E-state index contributed by atoms with van der Waals surface area (Å²) >= 11 is 3.56. The van der Waals surface area contributed by atoms with Crippen LogP contribution in [0.3, 0.4) is 0 Å². The van der Waals surface area contributed by atoms with Gasteiger partial charge in [0.15, 0.2) is 0 Å². The van der Waals surface area contributed by atoms with E-state index in [1.54, 1.807) is 6.07 Å². The van der Waals surface area contributed by atoms with Crippen LogP contribution in [0.25, 0.3) is 0 Å². The molecule has 0 atom stereocenters. The highest BCUT2D eigenvalue weighted by Crippen LogP contribution is 2.27. The van der Waals surface area contributed by atoms with Crippen molar-refractivity contribution < 1.29 is 9.21 Å². The maximum absolute atomic E-state index is 12.4. The summed E-state index contributed by atoms with van der Waals surface area (Å²) in [4.78, 5) is 14.3. The Labute approximate surface area is 125 Å². The molecule has 1 aliphatic heterocycles. The monoisotopic (exact) mass is 334 g/mol. The Morgan fingerprint density at radius 3 is 3.05 bits per heavy atom. The number of furan rings is 1. The van der Waals surface area contributed by atoms with Gasteiger partial charge in [-0.15, -0.1) is 0 Å². The van der Waals surface area contributed by atoms with Crippen molar-refractivity contribution >= 4 is 21.8 Å². The first-order valence-electron chi connectivity index (χ1n) is 6.52. The van der Waals surface area contributed by atoms with E-state index in [1.165, 1.54) is 17.4 Å². The zero-order valence-electron chi connectivity index (χ0n) is 10.9. The third kappa shape index (κ3) is 2.39. The fraction of sp³-hybridized carbons (Fsp3) is 0.267. The fourth-order valence-corrected chi connectivity index (χ4v) is 3.12. The summed E-state index contributed by atoms with van der Waals surface area (Å²) in [6, 6.07) is 7.83. The third-order valence-electron chi connectivity index (χ3n) is 3.60. The molecule has 2 aromatic rings. The minimum absolute atomic E-state index is 0.000856. The summed E-state index contributed by atoms with van der Waals surface area (Å²) in [5.41, 5.74) is 8.56. The number of amides is 1. The number of hydrogen-bond acceptors (Lipinski definition) is 3. The fourth-order valence-electron chi connectivity index (χ4n) is 2.52. The van der Waals surface area contributed by atoms with Crippen LogP contribution in [0.15, 0.2) is 39.4 Å². The van der Waals surface area contributed by atoms with Gasteiger partial charge in [0.1, 0.15) is 12.0 Å². The molecule has 1 amide bonds. The summed E-state index contributed by atoms with van der Waals surface area (Å²) in [6.45, 7) is 1.66. The Bertz CT molecular complexity index is 651. The predicted octanol–water partition coefficient (Wildman–Crippen LogP) is 2.70. The van der Waals surface area contributed by atoms with Crippen molar-refractivity contribution in [2.24, 2.45) is 5.73 Å². The SMILES string of the molecule is NCc1cc(C(=O)N2CCc3c(Br)cccc3C2)co1. The molecule has 104 valence electrons. The predicted molar refractivity (Wildman–Crippen MR) is 79.2 cm³/mol. The number of rotatable bonds is 2. The van der Waals surface area contributed by atoms with Gasteiger partial charge in [-0.1, -0.05) is 28.1 Å². The molecule has 2 N–H and O–H groups in total. The van der Waals surface area contributed by atoms with Crippen LogP contribution in [-0.2, 0) is 19.5 Å². The van der Waals surface area contributed by atoms with Crippen LogP contribution in [0.1, 0.15) is 27.2 Å². The Morgan fingerprint density at radius 1 is 1.45 bits per heavy atom. The van der Waals surface area contributed by atoms with Crippen LogP contribution in [0, 0.1) is 0 Å². The average molecular weight is 335 g/mol. The molecule has 3 rings (SSSR count). The van der Waals surface area contributed by atoms with E-state index in [2.05, 4.69) is 22.0 Å². The largest absolute Gasteiger partial charge is 0.467 e. The van der Waals surface area contributed by atoms with Crippen LogP contribution in [0.2, 0.25) is 0 Å². The second-order valence-electron chi connectivity index (χ2n) is 4.86. The standard InChI is InChI=1S/C15H15BrN2O2/c16-14-3-1-2-10-8-18(5-4-13(10)14)15(19)11-6-12(7-17)20-9-11/h1-3,6,9H,4-5,7-8,17H2. The quantitative estimate of drug-likeness (QED) is 0.918. The molecule has 5 heteroatoms. The smallest absolute Gasteiger partial charge is 0.257 e. The van der Waals surface area contributed by atoms with Gasteiger partial charge < -0.3 is 15.1 Å². The lowest BCUT2D eigenvalue weighted by Crippen LogP contribution is -2.35. The summed E-state index contributed by atoms with van der Waals surface area (Å²) in [7, 11) is 0. The van der Waals surface area contributed by atoms with Gasteiger partial charge in [-0.05, 0) is 29.7 Å². The van der Waals surface area contributed by atoms with Crippen molar-refractivity contribution in [2.45, 2.75) is 19.5 Å². The lowest BCUT2D eigenvalue weighted by Gasteiger charge is -2.29. The summed E-state index contributed by atoms with van der Waals surface area (Å²) in [5.74, 6) is 0.632. The van der Waals surface area contributed by atoms with Gasteiger partial charge in [0.2, 0.25) is 0 Å². The number of carbonyl (C=O) groups is 1. The highest BCUT2D eigenvalue weighted by Gasteiger charge is 2.23. The molecule has 0 unspecified atom stereocenters. The Kier molecular flexibility index (Phi) is 3.63. The zero-order chi connectivity index (χ0) is 14.1. The molecule has 0 aliphatic carbocycles. The zero-order valence-corrected chi connectivity index (χ0v) is 12.5. The van der Waals surface area contributed by atoms with Gasteiger partial charge in [-0.3, -0.25) is 4.79 Å². The normalized spacial score (nSPS) is 14.2. The van der Waals surface area contributed by atoms with E-state index in [0.717, 1.165) is 17.4 Å². The molecular weight excluding hydrogens is 320 g/mol. The van der Waals surface area contributed by atoms with Gasteiger partial charge in [-0.2, -0.15) is 0 Å². The van der Waals surface area contributed by atoms with E-state index in [4.69, 9.17) is 10.2 Å². The molecule has 20 heavy (non-hydrogen) atoms. The van der Waals surface area contributed by atoms with Crippen molar-refractivity contribution in [1.29, 1.82) is 0 Å². The number of nitrogens with zero attached hydrogens (tertiary/aromatic N) is 1. The molecule has 0 radical (unpaired) electrons. The molecule has 0 bridgehead atoms. The second-order valence-corrected chi connectivity index (χ2v) is 5.71. The van der Waals surface area contributed by atoms with Gasteiger partial charge in [-0.25, -0.2) is 0 Å². The van der Waals surface area contributed by atoms with E-state index in [1.807, 2.05) is 17.0 Å². The molecule has 0 saturated heterocycles. The Balaban J connectivity index is 1.81. The maximum atomic E-state index is 12.4. The van der Waals surface area contributed by atoms with Crippen LogP contribution < -0.4 is 5.73 Å². The Hall–Kier alpha value is -1.59. The minimum atomic E-state index is -0.000856. The van der Waals surface area contributed by atoms with Gasteiger partial charge in [0.25, 0.3) is 5.91 Å². The lowest BCUT2D eigenvalue weighted by atomic mass is 9.99. The number of benzene rings is 1. The van der Waals surface area contributed by atoms with Crippen molar-refractivity contribution in [3.63, 3.8) is 0 Å². The van der Waals surface area contributed by atoms with Crippen molar-refractivity contribution in [1.82, 2.24) is 4.90 Å². The van der Waals surface area contributed by atoms with Crippen LogP contribution >= 0.6 is 15.9 Å². The van der Waals surface area contributed by atoms with E-state index in [9.17, 15) is 4.79 Å². The molecule has 0 fully saturated rings. The van der Waals surface area contributed by atoms with E-state index in [-0.39, 0.29) is 5.91 Å². The third-order valence-corrected chi connectivity index (χ3v) is 4.34. The second kappa shape index (κ2) is 5.42. The molecule has 1 aromatic carbocycles. The topological polar surface area (TPSA) is 59.5 Å². The first kappa shape index (κ1) is 13.4. The van der Waals surface area contributed by atoms with Crippen molar-refractivity contribution in [3.8, 4) is 0 Å². The van der Waals surface area contributed by atoms with Crippen LogP contribution in [-0.4, -0.2) is 17.4 Å². The number of carbonyl (C=O) groups excluding carboxylic acids is 1. The number of fused-ring (bicyclic) bond motifs is 1. The molecule has 0 spiro atoms. The van der Waals surface area contributed by atoms with Crippen LogP contribution in [0.5, 0.6) is 0 Å². The van der Waals surface area contributed by atoms with E-state index >= 15 is 0 Å². The summed E-state index contributed by atoms with van der Waals surface area (Å²) < 4.78 is 6.36. The van der Waals surface area contributed by atoms with E-state index < -0.39 is 0 Å². The van der Waals surface area contributed by atoms with Gasteiger partial charge in [0.05, 0.1) is 12.1 Å². The number of nitrogens with two attached hydrogens (primary N) is 1. The molecular formula is C15H15BrN2O2. The lowest BCUT2D eigenvalue weighted by molar-refractivity contribution is 0.0734. The number of halogens is 1. The van der Waals surface area contributed by atoms with Gasteiger partial charge >= 0.3 is 0 Å². The van der Waals surface area contributed by atoms with Crippen LogP contribution in [0.4, 0.5) is 0 Å². The van der Waals surface area contributed by atoms with Crippen molar-refractivity contribution in [2.75, 3.05) is 6.54 Å². The molecule has 1 aromatic heterocycles. The first-order chi connectivity index (χ1) is 9.69. The summed E-state index contributed by atoms with van der Waals surface area (Å²) in [6.07, 6.45) is 2.35. The average Bonchev–Trinajstić information content (AvgIpc) is 2.95. The maximum Gasteiger partial charge on any atom is 0.257 e. The highest BCUT2D eigenvalue weighted by atomic mass is 79.9.